The standard InChI is InChI=1S/C18H18O6S/c19-25(20,17-5-1-3-13(7-17)21-9-15-11-23-15)18-6-2-4-14(8-18)22-10-16-12-24-16/h1-8,15-16H,9-12H2. The maximum atomic E-state index is 12.9. The Balaban J connectivity index is 1.53. The maximum Gasteiger partial charge on any atom is 0.206 e. The third-order valence-electron chi connectivity index (χ3n) is 3.91. The van der Waals surface area contributed by atoms with Gasteiger partial charge >= 0.3 is 0 Å². The molecule has 2 saturated heterocycles. The van der Waals surface area contributed by atoms with E-state index in [1.165, 1.54) is 12.1 Å². The Morgan fingerprint density at radius 1 is 0.840 bits per heavy atom. The molecule has 0 amide bonds. The molecule has 2 unspecified atom stereocenters. The van der Waals surface area contributed by atoms with Crippen LogP contribution in [0.15, 0.2) is 58.3 Å². The van der Waals surface area contributed by atoms with Gasteiger partial charge in [-0.15, -0.1) is 0 Å². The first-order valence-electron chi connectivity index (χ1n) is 8.05. The van der Waals surface area contributed by atoms with Crippen molar-refractivity contribution in [1.29, 1.82) is 0 Å². The molecule has 0 spiro atoms. The van der Waals surface area contributed by atoms with E-state index in [0.29, 0.717) is 37.9 Å². The molecule has 4 rings (SSSR count). The normalized spacial score (nSPS) is 21.6. The van der Waals surface area contributed by atoms with E-state index in [4.69, 9.17) is 18.9 Å². The van der Waals surface area contributed by atoms with Crippen molar-refractivity contribution in [3.63, 3.8) is 0 Å². The van der Waals surface area contributed by atoms with Crippen LogP contribution in [0.2, 0.25) is 0 Å². The molecule has 0 aliphatic carbocycles. The molecular weight excluding hydrogens is 344 g/mol. The molecule has 2 aromatic carbocycles. The maximum absolute atomic E-state index is 12.9. The number of rotatable bonds is 8. The molecule has 0 aromatic heterocycles. The van der Waals surface area contributed by atoms with Crippen molar-refractivity contribution in [2.75, 3.05) is 26.4 Å². The van der Waals surface area contributed by atoms with E-state index in [-0.39, 0.29) is 22.0 Å². The van der Waals surface area contributed by atoms with Crippen LogP contribution >= 0.6 is 0 Å². The molecule has 7 heteroatoms. The predicted octanol–water partition coefficient (Wildman–Crippen LogP) is 2.07. The molecule has 2 aliphatic rings. The van der Waals surface area contributed by atoms with Gasteiger partial charge in [0.15, 0.2) is 0 Å². The van der Waals surface area contributed by atoms with Crippen molar-refractivity contribution in [3.05, 3.63) is 48.5 Å². The molecule has 0 saturated carbocycles. The zero-order chi connectivity index (χ0) is 17.3. The van der Waals surface area contributed by atoms with E-state index >= 15 is 0 Å². The van der Waals surface area contributed by atoms with Crippen LogP contribution in [0.5, 0.6) is 11.5 Å². The van der Waals surface area contributed by atoms with E-state index in [2.05, 4.69) is 0 Å². The van der Waals surface area contributed by atoms with Gasteiger partial charge in [0.25, 0.3) is 0 Å². The van der Waals surface area contributed by atoms with Crippen LogP contribution in [-0.2, 0) is 19.3 Å². The van der Waals surface area contributed by atoms with Crippen molar-refractivity contribution >= 4 is 9.84 Å². The molecule has 2 atom stereocenters. The van der Waals surface area contributed by atoms with E-state index in [1.54, 1.807) is 36.4 Å². The van der Waals surface area contributed by atoms with Gasteiger partial charge in [0.2, 0.25) is 9.84 Å². The highest BCUT2D eigenvalue weighted by Gasteiger charge is 2.25. The summed E-state index contributed by atoms with van der Waals surface area (Å²) in [5, 5.41) is 0. The Morgan fingerprint density at radius 3 is 1.68 bits per heavy atom. The first-order chi connectivity index (χ1) is 12.1. The van der Waals surface area contributed by atoms with Gasteiger partial charge in [-0.05, 0) is 36.4 Å². The third kappa shape index (κ3) is 4.12. The molecule has 0 bridgehead atoms. The Bertz CT molecular complexity index is 790. The summed E-state index contributed by atoms with van der Waals surface area (Å²) in [7, 11) is -3.65. The van der Waals surface area contributed by atoms with Crippen LogP contribution in [0.25, 0.3) is 0 Å². The van der Waals surface area contributed by atoms with Crippen molar-refractivity contribution in [1.82, 2.24) is 0 Å². The SMILES string of the molecule is O=S(=O)(c1cccc(OCC2CO2)c1)c1cccc(OCC2CO2)c1. The smallest absolute Gasteiger partial charge is 0.206 e. The summed E-state index contributed by atoms with van der Waals surface area (Å²) in [6.45, 7) is 2.24. The fraction of sp³-hybridized carbons (Fsp3) is 0.333. The summed E-state index contributed by atoms with van der Waals surface area (Å²) >= 11 is 0. The summed E-state index contributed by atoms with van der Waals surface area (Å²) < 4.78 is 47.1. The summed E-state index contributed by atoms with van der Waals surface area (Å²) in [5.41, 5.74) is 0. The fourth-order valence-electron chi connectivity index (χ4n) is 2.31. The van der Waals surface area contributed by atoms with Crippen molar-refractivity contribution in [2.24, 2.45) is 0 Å². The summed E-state index contributed by atoms with van der Waals surface area (Å²) in [6, 6.07) is 13.0. The van der Waals surface area contributed by atoms with Crippen LogP contribution in [-0.4, -0.2) is 47.1 Å². The second-order valence-corrected chi connectivity index (χ2v) is 7.94. The Morgan fingerprint density at radius 2 is 1.28 bits per heavy atom. The summed E-state index contributed by atoms with van der Waals surface area (Å²) in [6.07, 6.45) is 0.231. The first kappa shape index (κ1) is 16.4. The molecule has 25 heavy (non-hydrogen) atoms. The lowest BCUT2D eigenvalue weighted by molar-refractivity contribution is 0.262. The average molecular weight is 362 g/mol. The van der Waals surface area contributed by atoms with E-state index in [9.17, 15) is 8.42 Å². The topological polar surface area (TPSA) is 77.7 Å². The molecule has 2 heterocycles. The highest BCUT2D eigenvalue weighted by atomic mass is 32.2. The Kier molecular flexibility index (Phi) is 4.37. The minimum atomic E-state index is -3.65. The zero-order valence-electron chi connectivity index (χ0n) is 13.5. The number of epoxide rings is 2. The van der Waals surface area contributed by atoms with Gasteiger partial charge in [0, 0.05) is 0 Å². The number of benzene rings is 2. The van der Waals surface area contributed by atoms with Crippen molar-refractivity contribution in [3.8, 4) is 11.5 Å². The van der Waals surface area contributed by atoms with E-state index in [0.717, 1.165) is 0 Å². The fourth-order valence-corrected chi connectivity index (χ4v) is 3.64. The minimum absolute atomic E-state index is 0.115. The first-order valence-corrected chi connectivity index (χ1v) is 9.53. The average Bonchev–Trinajstić information content (AvgIpc) is 3.54. The van der Waals surface area contributed by atoms with Gasteiger partial charge in [0.1, 0.15) is 36.9 Å². The molecule has 0 radical (unpaired) electrons. The van der Waals surface area contributed by atoms with Gasteiger partial charge in [-0.3, -0.25) is 0 Å². The molecule has 6 nitrogen and oxygen atoms in total. The van der Waals surface area contributed by atoms with Crippen molar-refractivity contribution < 1.29 is 27.4 Å². The largest absolute Gasteiger partial charge is 0.491 e. The van der Waals surface area contributed by atoms with E-state index < -0.39 is 9.84 Å². The zero-order valence-corrected chi connectivity index (χ0v) is 14.3. The van der Waals surface area contributed by atoms with Gasteiger partial charge in [0.05, 0.1) is 23.0 Å². The van der Waals surface area contributed by atoms with Crippen LogP contribution in [0.4, 0.5) is 0 Å². The molecule has 2 aliphatic heterocycles. The number of hydrogen-bond donors (Lipinski definition) is 0. The third-order valence-corrected chi connectivity index (χ3v) is 5.66. The second-order valence-electron chi connectivity index (χ2n) is 5.99. The van der Waals surface area contributed by atoms with E-state index in [1.807, 2.05) is 0 Å². The predicted molar refractivity (Wildman–Crippen MR) is 88.8 cm³/mol. The number of hydrogen-bond acceptors (Lipinski definition) is 6. The van der Waals surface area contributed by atoms with Gasteiger partial charge in [-0.25, -0.2) is 8.42 Å². The van der Waals surface area contributed by atoms with Crippen LogP contribution in [0, 0.1) is 0 Å². The van der Waals surface area contributed by atoms with Crippen LogP contribution < -0.4 is 9.47 Å². The monoisotopic (exact) mass is 362 g/mol. The Hall–Kier alpha value is -2.09. The molecule has 132 valence electrons. The molecule has 2 aromatic rings. The highest BCUT2D eigenvalue weighted by Crippen LogP contribution is 2.27. The van der Waals surface area contributed by atoms with Gasteiger partial charge in [-0.1, -0.05) is 12.1 Å². The molecule has 2 fully saturated rings. The van der Waals surface area contributed by atoms with Crippen LogP contribution in [0.1, 0.15) is 0 Å². The summed E-state index contributed by atoms with van der Waals surface area (Å²) in [4.78, 5) is 0.369. The second kappa shape index (κ2) is 6.67. The lowest BCUT2D eigenvalue weighted by Crippen LogP contribution is -2.07. The van der Waals surface area contributed by atoms with Gasteiger partial charge in [-0.2, -0.15) is 0 Å². The van der Waals surface area contributed by atoms with Crippen molar-refractivity contribution in [2.45, 2.75) is 22.0 Å². The lowest BCUT2D eigenvalue weighted by atomic mass is 10.3. The van der Waals surface area contributed by atoms with Crippen LogP contribution in [0.3, 0.4) is 0 Å². The number of sulfone groups is 1. The number of ether oxygens (including phenoxy) is 4. The highest BCUT2D eigenvalue weighted by molar-refractivity contribution is 7.91. The minimum Gasteiger partial charge on any atom is -0.491 e. The summed E-state index contributed by atoms with van der Waals surface area (Å²) in [5.74, 6) is 1.02. The molecular formula is C18H18O6S. The lowest BCUT2D eigenvalue weighted by Gasteiger charge is -2.10. The Labute approximate surface area is 146 Å². The quantitative estimate of drug-likeness (QED) is 0.669. The molecule has 0 N–H and O–H groups in total. The van der Waals surface area contributed by atoms with Gasteiger partial charge < -0.3 is 18.9 Å².